The summed E-state index contributed by atoms with van der Waals surface area (Å²) in [6, 6.07) is 11.9. The van der Waals surface area contributed by atoms with Crippen LogP contribution in [0, 0.1) is 10.1 Å². The molecule has 2 aromatic carbocycles. The van der Waals surface area contributed by atoms with Gasteiger partial charge in [-0.25, -0.2) is 4.79 Å². The van der Waals surface area contributed by atoms with Crippen molar-refractivity contribution in [2.45, 2.75) is 19.9 Å². The van der Waals surface area contributed by atoms with Crippen LogP contribution in [0.4, 0.5) is 17.1 Å². The summed E-state index contributed by atoms with van der Waals surface area (Å²) in [7, 11) is 0. The standard InChI is InChI=1S/C20H22N4O6/c1-3-21-19(26)13(2)22-18(25)12-30-20(27)14-9-10-16(17(11-14)24(28)29)23-15-7-5-4-6-8-15/h4-11,13,23H,3,12H2,1-2H3,(H,21,26)(H,22,25)/t13-/m1/s1. The van der Waals surface area contributed by atoms with Crippen molar-refractivity contribution in [2.24, 2.45) is 0 Å². The second kappa shape index (κ2) is 10.6. The summed E-state index contributed by atoms with van der Waals surface area (Å²) >= 11 is 0. The number of nitro groups is 1. The Labute approximate surface area is 172 Å². The minimum absolute atomic E-state index is 0.0788. The van der Waals surface area contributed by atoms with Gasteiger partial charge in [-0.05, 0) is 38.1 Å². The van der Waals surface area contributed by atoms with Gasteiger partial charge < -0.3 is 20.7 Å². The van der Waals surface area contributed by atoms with Crippen LogP contribution in [0.15, 0.2) is 48.5 Å². The second-order valence-corrected chi connectivity index (χ2v) is 6.24. The highest BCUT2D eigenvalue weighted by Gasteiger charge is 2.20. The zero-order valence-electron chi connectivity index (χ0n) is 16.5. The summed E-state index contributed by atoms with van der Waals surface area (Å²) in [5.74, 6) is -1.93. The van der Waals surface area contributed by atoms with E-state index >= 15 is 0 Å². The fraction of sp³-hybridized carbons (Fsp3) is 0.250. The molecule has 0 fully saturated rings. The van der Waals surface area contributed by atoms with Crippen LogP contribution in [0.2, 0.25) is 0 Å². The third-order valence-corrected chi connectivity index (χ3v) is 3.94. The molecule has 2 amide bonds. The van der Waals surface area contributed by atoms with Gasteiger partial charge in [-0.3, -0.25) is 19.7 Å². The molecule has 0 bridgehead atoms. The number of hydrogen-bond donors (Lipinski definition) is 3. The van der Waals surface area contributed by atoms with Gasteiger partial charge in [0.1, 0.15) is 11.7 Å². The molecule has 2 rings (SSSR count). The highest BCUT2D eigenvalue weighted by atomic mass is 16.6. The lowest BCUT2D eigenvalue weighted by Crippen LogP contribution is -2.46. The summed E-state index contributed by atoms with van der Waals surface area (Å²) in [6.45, 7) is 3.03. The van der Waals surface area contributed by atoms with E-state index in [0.717, 1.165) is 6.07 Å². The normalized spacial score (nSPS) is 11.1. The van der Waals surface area contributed by atoms with Crippen LogP contribution in [0.3, 0.4) is 0 Å². The number of para-hydroxylation sites is 1. The number of carbonyl (C=O) groups excluding carboxylic acids is 3. The second-order valence-electron chi connectivity index (χ2n) is 6.24. The zero-order chi connectivity index (χ0) is 22.1. The van der Waals surface area contributed by atoms with E-state index in [9.17, 15) is 24.5 Å². The fourth-order valence-electron chi connectivity index (χ4n) is 2.48. The fourth-order valence-corrected chi connectivity index (χ4v) is 2.48. The largest absolute Gasteiger partial charge is 0.452 e. The Kier molecular flexibility index (Phi) is 7.86. The van der Waals surface area contributed by atoms with Crippen LogP contribution in [0.25, 0.3) is 0 Å². The maximum absolute atomic E-state index is 12.2. The number of amides is 2. The zero-order valence-corrected chi connectivity index (χ0v) is 16.5. The van der Waals surface area contributed by atoms with Crippen molar-refractivity contribution in [3.8, 4) is 0 Å². The van der Waals surface area contributed by atoms with Crippen molar-refractivity contribution in [3.63, 3.8) is 0 Å². The summed E-state index contributed by atoms with van der Waals surface area (Å²) in [5.41, 5.74) is 0.456. The summed E-state index contributed by atoms with van der Waals surface area (Å²) in [5, 5.41) is 19.3. The smallest absolute Gasteiger partial charge is 0.338 e. The molecule has 0 heterocycles. The van der Waals surface area contributed by atoms with Gasteiger partial charge in [-0.2, -0.15) is 0 Å². The van der Waals surface area contributed by atoms with E-state index < -0.39 is 29.4 Å². The molecule has 0 radical (unpaired) electrons. The molecule has 0 saturated carbocycles. The number of rotatable bonds is 9. The minimum Gasteiger partial charge on any atom is -0.452 e. The Balaban J connectivity index is 2.02. The average molecular weight is 414 g/mol. The number of nitrogens with one attached hydrogen (secondary N) is 3. The number of hydrogen-bond acceptors (Lipinski definition) is 7. The first-order chi connectivity index (χ1) is 14.3. The summed E-state index contributed by atoms with van der Waals surface area (Å²) < 4.78 is 4.90. The van der Waals surface area contributed by atoms with Gasteiger partial charge in [0.15, 0.2) is 6.61 Å². The number of esters is 1. The number of likely N-dealkylation sites (N-methyl/N-ethyl adjacent to an activating group) is 1. The van der Waals surface area contributed by atoms with Gasteiger partial charge in [0.2, 0.25) is 5.91 Å². The molecule has 158 valence electrons. The van der Waals surface area contributed by atoms with Gasteiger partial charge in [-0.15, -0.1) is 0 Å². The van der Waals surface area contributed by atoms with Crippen LogP contribution in [-0.2, 0) is 14.3 Å². The first-order valence-electron chi connectivity index (χ1n) is 9.16. The molecule has 0 aliphatic rings. The lowest BCUT2D eigenvalue weighted by atomic mass is 10.1. The Morgan fingerprint density at radius 3 is 2.47 bits per heavy atom. The maximum atomic E-state index is 12.2. The Morgan fingerprint density at radius 1 is 1.13 bits per heavy atom. The number of benzene rings is 2. The van der Waals surface area contributed by atoms with Crippen LogP contribution in [-0.4, -0.2) is 41.9 Å². The minimum atomic E-state index is -0.898. The molecule has 3 N–H and O–H groups in total. The van der Waals surface area contributed by atoms with Crippen molar-refractivity contribution in [1.29, 1.82) is 0 Å². The highest BCUT2D eigenvalue weighted by molar-refractivity contribution is 5.94. The van der Waals surface area contributed by atoms with Crippen molar-refractivity contribution < 1.29 is 24.0 Å². The van der Waals surface area contributed by atoms with E-state index in [4.69, 9.17) is 4.74 Å². The van der Waals surface area contributed by atoms with Crippen molar-refractivity contribution in [1.82, 2.24) is 10.6 Å². The van der Waals surface area contributed by atoms with Crippen molar-refractivity contribution in [2.75, 3.05) is 18.5 Å². The topological polar surface area (TPSA) is 140 Å². The molecule has 10 heteroatoms. The molecule has 2 aromatic rings. The summed E-state index contributed by atoms with van der Waals surface area (Å²) in [4.78, 5) is 46.4. The Bertz CT molecular complexity index is 932. The molecule has 10 nitrogen and oxygen atoms in total. The van der Waals surface area contributed by atoms with E-state index in [-0.39, 0.29) is 22.8 Å². The van der Waals surface area contributed by atoms with Gasteiger partial charge in [0.05, 0.1) is 10.5 Å². The van der Waals surface area contributed by atoms with E-state index in [0.29, 0.717) is 12.2 Å². The lowest BCUT2D eigenvalue weighted by molar-refractivity contribution is -0.383. The molecular weight excluding hydrogens is 392 g/mol. The predicted octanol–water partition coefficient (Wildman–Crippen LogP) is 2.14. The molecule has 0 saturated heterocycles. The third kappa shape index (κ3) is 6.30. The number of ether oxygens (including phenoxy) is 1. The summed E-state index contributed by atoms with van der Waals surface area (Å²) in [6.07, 6.45) is 0. The number of nitrogens with zero attached hydrogens (tertiary/aromatic N) is 1. The third-order valence-electron chi connectivity index (χ3n) is 3.94. The molecule has 0 aromatic heterocycles. The van der Waals surface area contributed by atoms with E-state index in [1.165, 1.54) is 19.1 Å². The van der Waals surface area contributed by atoms with E-state index in [1.807, 2.05) is 6.07 Å². The number of nitro benzene ring substituents is 1. The van der Waals surface area contributed by atoms with Crippen LogP contribution >= 0.6 is 0 Å². The van der Waals surface area contributed by atoms with Gasteiger partial charge in [0.25, 0.3) is 11.6 Å². The molecule has 1 atom stereocenters. The van der Waals surface area contributed by atoms with Gasteiger partial charge >= 0.3 is 5.97 Å². The first-order valence-corrected chi connectivity index (χ1v) is 9.16. The first kappa shape index (κ1) is 22.3. The van der Waals surface area contributed by atoms with Crippen molar-refractivity contribution in [3.05, 3.63) is 64.2 Å². The van der Waals surface area contributed by atoms with E-state index in [2.05, 4.69) is 16.0 Å². The Hall–Kier alpha value is -3.95. The predicted molar refractivity (Wildman–Crippen MR) is 109 cm³/mol. The quantitative estimate of drug-likeness (QED) is 0.324. The van der Waals surface area contributed by atoms with Crippen LogP contribution < -0.4 is 16.0 Å². The lowest BCUT2D eigenvalue weighted by Gasteiger charge is -2.13. The van der Waals surface area contributed by atoms with E-state index in [1.54, 1.807) is 31.2 Å². The van der Waals surface area contributed by atoms with Crippen LogP contribution in [0.5, 0.6) is 0 Å². The molecule has 0 unspecified atom stereocenters. The molecule has 0 aliphatic carbocycles. The number of carbonyl (C=O) groups is 3. The average Bonchev–Trinajstić information content (AvgIpc) is 2.73. The number of anilines is 2. The Morgan fingerprint density at radius 2 is 1.83 bits per heavy atom. The van der Waals surface area contributed by atoms with Crippen LogP contribution in [0.1, 0.15) is 24.2 Å². The van der Waals surface area contributed by atoms with Crippen molar-refractivity contribution >= 4 is 34.8 Å². The monoisotopic (exact) mass is 414 g/mol. The van der Waals surface area contributed by atoms with Gasteiger partial charge in [0, 0.05) is 18.3 Å². The molecular formula is C20H22N4O6. The maximum Gasteiger partial charge on any atom is 0.338 e. The molecule has 30 heavy (non-hydrogen) atoms. The molecule has 0 spiro atoms. The molecule has 0 aliphatic heterocycles. The SMILES string of the molecule is CCNC(=O)[C@@H](C)NC(=O)COC(=O)c1ccc(Nc2ccccc2)c([N+](=O)[O-])c1. The highest BCUT2D eigenvalue weighted by Crippen LogP contribution is 2.28. The van der Waals surface area contributed by atoms with Gasteiger partial charge in [-0.1, -0.05) is 18.2 Å².